The number of aromatic hydroxyl groups is 2. The lowest BCUT2D eigenvalue weighted by Gasteiger charge is -2.54. The second-order valence-electron chi connectivity index (χ2n) is 16.3. The number of ketones is 2. The molecule has 0 saturated carbocycles. The largest absolute Gasteiger partial charge is 0.507 e. The van der Waals surface area contributed by atoms with Gasteiger partial charge in [0.25, 0.3) is 0 Å². The van der Waals surface area contributed by atoms with Gasteiger partial charge in [0, 0.05) is 43.1 Å². The number of carbonyl (C=O) groups is 2. The summed E-state index contributed by atoms with van der Waals surface area (Å²) in [5, 5.41) is 55.5. The minimum atomic E-state index is -1.54. The highest BCUT2D eigenvalue weighted by atomic mass is 16.7. The summed E-state index contributed by atoms with van der Waals surface area (Å²) in [6.07, 6.45) is -4.81. The number of ether oxygens (including phenoxy) is 5. The molecular formula is C39H54N2O12. The molecule has 53 heavy (non-hydrogen) atoms. The molecule has 11 atom stereocenters. The third kappa shape index (κ3) is 6.60. The Labute approximate surface area is 310 Å². The highest BCUT2D eigenvalue weighted by molar-refractivity contribution is 6.30. The number of hydrogen-bond acceptors (Lipinski definition) is 14. The van der Waals surface area contributed by atoms with E-state index in [1.807, 2.05) is 58.8 Å². The average Bonchev–Trinajstić information content (AvgIpc) is 3.03. The Morgan fingerprint density at radius 2 is 1.45 bits per heavy atom. The van der Waals surface area contributed by atoms with Crippen molar-refractivity contribution in [3.63, 3.8) is 0 Å². The Kier molecular flexibility index (Phi) is 10.4. The van der Waals surface area contributed by atoms with Crippen LogP contribution in [0.5, 0.6) is 11.5 Å². The van der Waals surface area contributed by atoms with Gasteiger partial charge in [0.2, 0.25) is 5.78 Å². The minimum absolute atomic E-state index is 0.0384. The highest BCUT2D eigenvalue weighted by Crippen LogP contribution is 2.50. The number of fused-ring (bicyclic) bond motifs is 3. The number of aliphatic hydroxyl groups excluding tert-OH is 1. The molecule has 2 saturated heterocycles. The molecule has 2 heterocycles. The van der Waals surface area contributed by atoms with Crippen LogP contribution in [0.25, 0.3) is 0 Å². The Morgan fingerprint density at radius 1 is 0.830 bits per heavy atom. The maximum absolute atomic E-state index is 13.9. The van der Waals surface area contributed by atoms with Crippen LogP contribution in [0.15, 0.2) is 18.2 Å². The van der Waals surface area contributed by atoms with Gasteiger partial charge in [0.05, 0.1) is 52.7 Å². The number of likely N-dealkylation sites (N-methyl/N-ethyl adjacent to an activating group) is 2. The molecule has 2 aromatic rings. The molecule has 0 aromatic heterocycles. The molecular weight excluding hydrogens is 688 g/mol. The quantitative estimate of drug-likeness (QED) is 0.226. The Balaban J connectivity index is 1.34. The Bertz CT molecular complexity index is 1770. The molecule has 2 aliphatic heterocycles. The molecule has 0 radical (unpaired) electrons. The third-order valence-corrected chi connectivity index (χ3v) is 11.9. The summed E-state index contributed by atoms with van der Waals surface area (Å²) in [7, 11) is 9.07. The van der Waals surface area contributed by atoms with Crippen LogP contribution < -0.4 is 0 Å². The number of benzene rings is 2. The molecule has 5 N–H and O–H groups in total. The van der Waals surface area contributed by atoms with E-state index in [9.17, 15) is 35.1 Å². The fourth-order valence-electron chi connectivity index (χ4n) is 9.36. The first-order chi connectivity index (χ1) is 24.7. The molecule has 6 rings (SSSR count). The predicted molar refractivity (Wildman–Crippen MR) is 191 cm³/mol. The molecule has 0 spiro atoms. The zero-order chi connectivity index (χ0) is 39.1. The minimum Gasteiger partial charge on any atom is -0.507 e. The van der Waals surface area contributed by atoms with Gasteiger partial charge in [-0.1, -0.05) is 0 Å². The Hall–Kier alpha value is -3.02. The fourth-order valence-corrected chi connectivity index (χ4v) is 9.36. The molecule has 4 aliphatic rings. The van der Waals surface area contributed by atoms with Crippen molar-refractivity contribution >= 4 is 11.6 Å². The number of phenols is 2. The number of nitrogens with zero attached hydrogens (tertiary/aromatic N) is 2. The van der Waals surface area contributed by atoms with E-state index in [-0.39, 0.29) is 64.8 Å². The van der Waals surface area contributed by atoms with Crippen molar-refractivity contribution in [2.75, 3.05) is 35.3 Å². The molecule has 8 unspecified atom stereocenters. The summed E-state index contributed by atoms with van der Waals surface area (Å²) < 4.78 is 32.0. The molecule has 14 heteroatoms. The van der Waals surface area contributed by atoms with Crippen LogP contribution in [0.2, 0.25) is 0 Å². The number of carbonyl (C=O) groups excluding carboxylic acids is 2. The molecule has 2 aliphatic carbocycles. The van der Waals surface area contributed by atoms with E-state index in [2.05, 4.69) is 0 Å². The van der Waals surface area contributed by atoms with Gasteiger partial charge in [-0.2, -0.15) is 0 Å². The van der Waals surface area contributed by atoms with E-state index in [0.29, 0.717) is 5.56 Å². The first-order valence-electron chi connectivity index (χ1n) is 18.0. The van der Waals surface area contributed by atoms with Gasteiger partial charge in [-0.15, -0.1) is 0 Å². The van der Waals surface area contributed by atoms with Gasteiger partial charge in [0.15, 0.2) is 18.4 Å². The summed E-state index contributed by atoms with van der Waals surface area (Å²) in [6, 6.07) is 3.80. The first kappa shape index (κ1) is 39.7. The van der Waals surface area contributed by atoms with Crippen LogP contribution in [-0.2, 0) is 36.7 Å². The maximum atomic E-state index is 13.9. The van der Waals surface area contributed by atoms with E-state index in [0.717, 1.165) is 0 Å². The smallest absolute Gasteiger partial charge is 0.201 e. The number of hydrogen-bond donors (Lipinski definition) is 5. The van der Waals surface area contributed by atoms with Gasteiger partial charge < -0.3 is 59.0 Å². The van der Waals surface area contributed by atoms with E-state index in [1.165, 1.54) is 25.3 Å². The summed E-state index contributed by atoms with van der Waals surface area (Å²) in [5.41, 5.74) is -3.28. The van der Waals surface area contributed by atoms with Crippen LogP contribution >= 0.6 is 0 Å². The van der Waals surface area contributed by atoms with Crippen molar-refractivity contribution < 1.29 is 58.8 Å². The van der Waals surface area contributed by atoms with Crippen molar-refractivity contribution in [1.29, 1.82) is 0 Å². The third-order valence-electron chi connectivity index (χ3n) is 11.9. The summed E-state index contributed by atoms with van der Waals surface area (Å²) in [5.74, 6) is -2.38. The lowest BCUT2D eigenvalue weighted by Crippen LogP contribution is -2.66. The number of aliphatic hydroxyl groups is 3. The second-order valence-corrected chi connectivity index (χ2v) is 16.3. The van der Waals surface area contributed by atoms with Crippen LogP contribution in [0.3, 0.4) is 0 Å². The van der Waals surface area contributed by atoms with Crippen LogP contribution in [-0.4, -0.2) is 142 Å². The van der Waals surface area contributed by atoms with Crippen LogP contribution in [0.4, 0.5) is 0 Å². The SMILES string of the molecule is CO[C@H]1[C@H](OC2CC(C)(N(C)C)C(OC3CC(C)(O)C(N(C)C)C(C)O3)C(C)O2)c2c(cc3c(c2O)C(=O)c2c(O)cc(CO)cc2C3=O)C[C@@]1(C)O. The second kappa shape index (κ2) is 13.9. The molecule has 0 bridgehead atoms. The number of rotatable bonds is 8. The van der Waals surface area contributed by atoms with Crippen molar-refractivity contribution in [3.05, 3.63) is 57.1 Å². The number of phenolic OH excluding ortho intramolecular Hbond substituents is 2. The number of methoxy groups -OCH3 is 1. The zero-order valence-corrected chi connectivity index (χ0v) is 32.2. The van der Waals surface area contributed by atoms with E-state index in [1.54, 1.807) is 13.8 Å². The zero-order valence-electron chi connectivity index (χ0n) is 32.2. The summed E-state index contributed by atoms with van der Waals surface area (Å²) >= 11 is 0. The maximum Gasteiger partial charge on any atom is 0.201 e. The summed E-state index contributed by atoms with van der Waals surface area (Å²) in [6.45, 7) is 8.69. The van der Waals surface area contributed by atoms with Crippen molar-refractivity contribution in [2.24, 2.45) is 0 Å². The highest BCUT2D eigenvalue weighted by Gasteiger charge is 2.55. The van der Waals surface area contributed by atoms with Gasteiger partial charge in [-0.3, -0.25) is 9.59 Å². The predicted octanol–water partition coefficient (Wildman–Crippen LogP) is 2.40. The average molecular weight is 743 g/mol. The lowest BCUT2D eigenvalue weighted by molar-refractivity contribution is -0.331. The first-order valence-corrected chi connectivity index (χ1v) is 18.0. The van der Waals surface area contributed by atoms with Gasteiger partial charge in [-0.25, -0.2) is 0 Å². The summed E-state index contributed by atoms with van der Waals surface area (Å²) in [4.78, 5) is 31.7. The molecule has 0 amide bonds. The van der Waals surface area contributed by atoms with Crippen molar-refractivity contribution in [2.45, 2.75) is 126 Å². The van der Waals surface area contributed by atoms with Crippen LogP contribution in [0, 0.1) is 0 Å². The normalized spacial score (nSPS) is 37.1. The monoisotopic (exact) mass is 742 g/mol. The van der Waals surface area contributed by atoms with Crippen molar-refractivity contribution in [3.8, 4) is 11.5 Å². The topological polar surface area (TPSA) is 188 Å². The lowest BCUT2D eigenvalue weighted by atomic mass is 9.72. The van der Waals surface area contributed by atoms with Gasteiger partial charge in [0.1, 0.15) is 29.8 Å². The van der Waals surface area contributed by atoms with Crippen LogP contribution in [0.1, 0.15) is 102 Å². The molecule has 2 fully saturated rings. The van der Waals surface area contributed by atoms with E-state index >= 15 is 0 Å². The van der Waals surface area contributed by atoms with Gasteiger partial charge >= 0.3 is 0 Å². The molecule has 2 aromatic carbocycles. The standard InChI is InChI=1S/C39H54N2O12/c1-18-34(40(6)7)38(4,47)16-26(50-18)53-35-19(2)51-25(15-37(35,3)41(8)9)52-33-27-21(14-39(5,48)36(33)49-10)13-23-29(31(27)45)32(46)28-22(30(23)44)11-20(17-42)12-24(28)43/h11-13,18-19,25-26,33-36,42-43,45,47-48H,14-17H2,1-10H3/t18?,19?,25?,26?,33-,34?,35?,36+,37?,38?,39-/m1/s1. The van der Waals surface area contributed by atoms with E-state index in [4.69, 9.17) is 23.7 Å². The van der Waals surface area contributed by atoms with Crippen molar-refractivity contribution in [1.82, 2.24) is 9.80 Å². The molecule has 14 nitrogen and oxygen atoms in total. The van der Waals surface area contributed by atoms with Gasteiger partial charge in [-0.05, 0) is 92.1 Å². The Morgan fingerprint density at radius 3 is 2.04 bits per heavy atom. The van der Waals surface area contributed by atoms with E-state index < -0.39 is 83.4 Å². The fraction of sp³-hybridized carbons (Fsp3) is 0.641. The molecule has 292 valence electrons.